The number of aryl methyl sites for hydroxylation is 2. The van der Waals surface area contributed by atoms with Crippen LogP contribution < -0.4 is 19.5 Å². The van der Waals surface area contributed by atoms with Gasteiger partial charge in [-0.25, -0.2) is 14.6 Å². The molecular weight excluding hydrogens is 677 g/mol. The number of benzene rings is 2. The van der Waals surface area contributed by atoms with Gasteiger partial charge in [-0.3, -0.25) is 0 Å². The highest BCUT2D eigenvalue weighted by Crippen LogP contribution is 2.44. The highest BCUT2D eigenvalue weighted by Gasteiger charge is 2.27. The molecule has 6 aromatic rings. The normalized spacial score (nSPS) is 17.1. The summed E-state index contributed by atoms with van der Waals surface area (Å²) in [6.45, 7) is 7.24. The lowest BCUT2D eigenvalue weighted by molar-refractivity contribution is -0.0366. The summed E-state index contributed by atoms with van der Waals surface area (Å²) in [5.74, 6) is 3.58. The van der Waals surface area contributed by atoms with Crippen LogP contribution in [0.1, 0.15) is 66.1 Å². The molecule has 270 valence electrons. The Morgan fingerprint density at radius 2 is 1.83 bits per heavy atom. The lowest BCUT2D eigenvalue weighted by atomic mass is 9.92. The number of anilines is 1. The van der Waals surface area contributed by atoms with Gasteiger partial charge in [-0.05, 0) is 95.9 Å². The van der Waals surface area contributed by atoms with E-state index in [1.54, 1.807) is 25.6 Å². The Kier molecular flexibility index (Phi) is 9.65. The lowest BCUT2D eigenvalue weighted by Gasteiger charge is -2.29. The van der Waals surface area contributed by atoms with Gasteiger partial charge in [0.05, 0.1) is 36.7 Å². The van der Waals surface area contributed by atoms with E-state index in [1.807, 2.05) is 42.2 Å². The summed E-state index contributed by atoms with van der Waals surface area (Å²) in [4.78, 5) is 12.7. The molecular formula is C39H44N8O4S. The molecule has 2 aromatic carbocycles. The van der Waals surface area contributed by atoms with Crippen LogP contribution in [0.3, 0.4) is 0 Å². The second-order valence-electron chi connectivity index (χ2n) is 13.7. The highest BCUT2D eigenvalue weighted by molar-refractivity contribution is 7.14. The van der Waals surface area contributed by atoms with E-state index in [1.165, 1.54) is 0 Å². The molecule has 2 aliphatic heterocycles. The van der Waals surface area contributed by atoms with Crippen molar-refractivity contribution in [3.05, 3.63) is 70.6 Å². The first-order valence-electron chi connectivity index (χ1n) is 17.9. The molecule has 8 rings (SSSR count). The maximum atomic E-state index is 7.08. The van der Waals surface area contributed by atoms with E-state index in [9.17, 15) is 0 Å². The third kappa shape index (κ3) is 6.64. The SMILES string of the molecule is COc1ccc(CNc2ncc(-c3nnc(C)s3)c3cc(C4CCN(C)CC4)nc(Oc4c(C)ccc5c4cnn5C4CCCCO4)c23)c(OC)c1. The van der Waals surface area contributed by atoms with Crippen LogP contribution in [0.4, 0.5) is 5.82 Å². The Morgan fingerprint density at radius 1 is 0.962 bits per heavy atom. The molecule has 0 saturated carbocycles. The number of piperidine rings is 1. The van der Waals surface area contributed by atoms with Gasteiger partial charge in [0.25, 0.3) is 0 Å². The van der Waals surface area contributed by atoms with Gasteiger partial charge in [0.2, 0.25) is 5.88 Å². The fraction of sp³-hybridized carbons (Fsp3) is 0.410. The van der Waals surface area contributed by atoms with Gasteiger partial charge in [0.1, 0.15) is 33.1 Å². The molecule has 1 atom stereocenters. The molecule has 0 aliphatic carbocycles. The first-order valence-corrected chi connectivity index (χ1v) is 18.8. The van der Waals surface area contributed by atoms with Crippen LogP contribution in [-0.4, -0.2) is 75.8 Å². The number of nitrogens with zero attached hydrogens (tertiary/aromatic N) is 7. The van der Waals surface area contributed by atoms with E-state index in [0.717, 1.165) is 117 Å². The van der Waals surface area contributed by atoms with Crippen molar-refractivity contribution in [2.75, 3.05) is 46.3 Å². The maximum Gasteiger partial charge on any atom is 0.231 e. The van der Waals surface area contributed by atoms with Crippen LogP contribution in [0, 0.1) is 13.8 Å². The van der Waals surface area contributed by atoms with Crippen molar-refractivity contribution in [1.29, 1.82) is 0 Å². The van der Waals surface area contributed by atoms with Crippen LogP contribution in [0.15, 0.2) is 48.8 Å². The summed E-state index contributed by atoms with van der Waals surface area (Å²) in [5, 5.41) is 21.7. The maximum absolute atomic E-state index is 7.08. The zero-order valence-electron chi connectivity index (χ0n) is 30.3. The standard InChI is InChI=1S/C39H44N8O4S/c1-23-9-12-32-30(22-42-47(32)34-8-6-7-17-50-34)36(23)51-38-35-28(19-31(43-38)25-13-15-46(3)16-14-25)29(39-45-44-24(2)52-39)21-41-37(35)40-20-26-10-11-27(48-4)18-33(26)49-5/h9-12,18-19,21-22,25,34H,6-8,13-17,20H2,1-5H3,(H,40,41). The van der Waals surface area contributed by atoms with E-state index < -0.39 is 0 Å². The number of aromatic nitrogens is 6. The van der Waals surface area contributed by atoms with Gasteiger partial charge < -0.3 is 29.2 Å². The molecule has 12 nitrogen and oxygen atoms in total. The fourth-order valence-corrected chi connectivity index (χ4v) is 8.02. The fourth-order valence-electron chi connectivity index (χ4n) is 7.30. The minimum absolute atomic E-state index is 0.0959. The van der Waals surface area contributed by atoms with Crippen LogP contribution >= 0.6 is 11.3 Å². The number of hydrogen-bond acceptors (Lipinski definition) is 12. The Balaban J connectivity index is 1.30. The summed E-state index contributed by atoms with van der Waals surface area (Å²) in [6.07, 6.45) is 8.82. The molecule has 4 aromatic heterocycles. The van der Waals surface area contributed by atoms with E-state index >= 15 is 0 Å². The first kappa shape index (κ1) is 34.2. The molecule has 1 N–H and O–H groups in total. The van der Waals surface area contributed by atoms with Gasteiger partial charge in [0.15, 0.2) is 6.23 Å². The molecule has 0 bridgehead atoms. The number of pyridine rings is 2. The highest BCUT2D eigenvalue weighted by atomic mass is 32.1. The molecule has 2 aliphatic rings. The predicted octanol–water partition coefficient (Wildman–Crippen LogP) is 8.04. The monoisotopic (exact) mass is 720 g/mol. The quantitative estimate of drug-likeness (QED) is 0.148. The molecule has 2 fully saturated rings. The van der Waals surface area contributed by atoms with E-state index in [4.69, 9.17) is 34.0 Å². The van der Waals surface area contributed by atoms with Crippen molar-refractivity contribution < 1.29 is 18.9 Å². The third-order valence-corrected chi connectivity index (χ3v) is 11.1. The summed E-state index contributed by atoms with van der Waals surface area (Å²) < 4.78 is 26.4. The minimum Gasteiger partial charge on any atom is -0.497 e. The van der Waals surface area contributed by atoms with Crippen LogP contribution in [0.2, 0.25) is 0 Å². The van der Waals surface area contributed by atoms with Crippen molar-refractivity contribution in [2.45, 2.75) is 64.6 Å². The average molecular weight is 721 g/mol. The second kappa shape index (κ2) is 14.6. The van der Waals surface area contributed by atoms with Crippen LogP contribution in [0.5, 0.6) is 23.1 Å². The Hall–Kier alpha value is -4.85. The van der Waals surface area contributed by atoms with Crippen molar-refractivity contribution in [2.24, 2.45) is 0 Å². The molecule has 2 saturated heterocycles. The van der Waals surface area contributed by atoms with Crippen LogP contribution in [-0.2, 0) is 11.3 Å². The summed E-state index contributed by atoms with van der Waals surface area (Å²) in [7, 11) is 5.49. The zero-order chi connectivity index (χ0) is 35.8. The Labute approximate surface area is 307 Å². The van der Waals surface area contributed by atoms with Gasteiger partial charge >= 0.3 is 0 Å². The number of rotatable bonds is 10. The van der Waals surface area contributed by atoms with E-state index in [2.05, 4.69) is 52.6 Å². The third-order valence-electron chi connectivity index (χ3n) is 10.2. The minimum atomic E-state index is -0.0959. The van der Waals surface area contributed by atoms with Gasteiger partial charge in [-0.1, -0.05) is 17.4 Å². The molecule has 13 heteroatoms. The number of nitrogens with one attached hydrogen (secondary N) is 1. The molecule has 6 heterocycles. The number of methoxy groups -OCH3 is 2. The van der Waals surface area contributed by atoms with Crippen molar-refractivity contribution >= 4 is 38.8 Å². The van der Waals surface area contributed by atoms with Crippen LogP contribution in [0.25, 0.3) is 32.2 Å². The largest absolute Gasteiger partial charge is 0.497 e. The summed E-state index contributed by atoms with van der Waals surface area (Å²) in [5.41, 5.74) is 4.81. The van der Waals surface area contributed by atoms with Gasteiger partial charge in [-0.15, -0.1) is 10.2 Å². The smallest absolute Gasteiger partial charge is 0.231 e. The van der Waals surface area contributed by atoms with Crippen molar-refractivity contribution in [3.63, 3.8) is 0 Å². The number of fused-ring (bicyclic) bond motifs is 2. The topological polar surface area (TPSA) is 122 Å². The zero-order valence-corrected chi connectivity index (χ0v) is 31.1. The van der Waals surface area contributed by atoms with Gasteiger partial charge in [0, 0.05) is 53.5 Å². The first-order chi connectivity index (χ1) is 25.4. The molecule has 0 amide bonds. The number of likely N-dealkylation sites (tertiary alicyclic amines) is 1. The summed E-state index contributed by atoms with van der Waals surface area (Å²) >= 11 is 1.55. The van der Waals surface area contributed by atoms with Crippen molar-refractivity contribution in [1.82, 2.24) is 34.8 Å². The van der Waals surface area contributed by atoms with E-state index in [0.29, 0.717) is 24.0 Å². The average Bonchev–Trinajstić information content (AvgIpc) is 3.81. The van der Waals surface area contributed by atoms with Gasteiger partial charge in [-0.2, -0.15) is 5.10 Å². The lowest BCUT2D eigenvalue weighted by Crippen LogP contribution is -2.29. The summed E-state index contributed by atoms with van der Waals surface area (Å²) in [6, 6.07) is 12.2. The Bertz CT molecular complexity index is 2220. The van der Waals surface area contributed by atoms with E-state index in [-0.39, 0.29) is 12.1 Å². The molecule has 52 heavy (non-hydrogen) atoms. The molecule has 0 radical (unpaired) electrons. The molecule has 0 spiro atoms. The number of hydrogen-bond donors (Lipinski definition) is 1. The molecule has 1 unspecified atom stereocenters. The number of ether oxygens (including phenoxy) is 4. The van der Waals surface area contributed by atoms with Crippen molar-refractivity contribution in [3.8, 4) is 33.7 Å². The Morgan fingerprint density at radius 3 is 2.58 bits per heavy atom. The predicted molar refractivity (Wildman–Crippen MR) is 203 cm³/mol. The second-order valence-corrected chi connectivity index (χ2v) is 14.9.